The largest absolute Gasteiger partial charge is 0.427 e. The maximum Gasteiger partial charge on any atom is 0.308 e. The van der Waals surface area contributed by atoms with Crippen LogP contribution < -0.4 is 4.74 Å². The highest BCUT2D eigenvalue weighted by molar-refractivity contribution is 14.1. The molecule has 0 N–H and O–H groups in total. The van der Waals surface area contributed by atoms with Crippen molar-refractivity contribution in [3.8, 4) is 5.75 Å². The van der Waals surface area contributed by atoms with Crippen molar-refractivity contribution in [2.45, 2.75) is 6.92 Å². The second-order valence-corrected chi connectivity index (χ2v) is 5.09. The first-order valence-corrected chi connectivity index (χ1v) is 6.73. The standard InChI is InChI=1S/C15H11IO3/c1-10(17)19-12-6-4-5-11(9-12)15(18)13-7-2-3-8-14(13)16/h2-9H,1H3. The number of benzene rings is 2. The second-order valence-electron chi connectivity index (χ2n) is 3.93. The normalized spacial score (nSPS) is 10.0. The molecule has 0 saturated carbocycles. The summed E-state index contributed by atoms with van der Waals surface area (Å²) in [6.45, 7) is 1.33. The molecular formula is C15H11IO3. The van der Waals surface area contributed by atoms with Crippen molar-refractivity contribution in [3.63, 3.8) is 0 Å². The van der Waals surface area contributed by atoms with Crippen LogP contribution in [0.4, 0.5) is 0 Å². The van der Waals surface area contributed by atoms with Crippen LogP contribution in [-0.2, 0) is 4.79 Å². The predicted molar refractivity (Wildman–Crippen MR) is 80.3 cm³/mol. The molecular weight excluding hydrogens is 355 g/mol. The van der Waals surface area contributed by atoms with Crippen molar-refractivity contribution in [2.24, 2.45) is 0 Å². The van der Waals surface area contributed by atoms with Crippen LogP contribution in [0.1, 0.15) is 22.8 Å². The number of hydrogen-bond donors (Lipinski definition) is 0. The van der Waals surface area contributed by atoms with E-state index in [-0.39, 0.29) is 5.78 Å². The van der Waals surface area contributed by atoms with Crippen molar-refractivity contribution < 1.29 is 14.3 Å². The highest BCUT2D eigenvalue weighted by atomic mass is 127. The van der Waals surface area contributed by atoms with Gasteiger partial charge in [0.1, 0.15) is 5.75 Å². The van der Waals surface area contributed by atoms with E-state index in [1.54, 1.807) is 30.3 Å². The van der Waals surface area contributed by atoms with Gasteiger partial charge in [0.05, 0.1) is 0 Å². The lowest BCUT2D eigenvalue weighted by Crippen LogP contribution is -2.05. The summed E-state index contributed by atoms with van der Waals surface area (Å²) in [5.74, 6) is -0.109. The first-order chi connectivity index (χ1) is 9.08. The van der Waals surface area contributed by atoms with Gasteiger partial charge in [0.15, 0.2) is 5.78 Å². The number of halogens is 1. The fourth-order valence-corrected chi connectivity index (χ4v) is 2.30. The molecule has 2 aromatic rings. The van der Waals surface area contributed by atoms with Crippen LogP contribution in [0.5, 0.6) is 5.75 Å². The summed E-state index contributed by atoms with van der Waals surface area (Å²) < 4.78 is 5.87. The van der Waals surface area contributed by atoms with Gasteiger partial charge >= 0.3 is 5.97 Å². The van der Waals surface area contributed by atoms with E-state index in [4.69, 9.17) is 4.74 Å². The average Bonchev–Trinajstić information content (AvgIpc) is 2.38. The predicted octanol–water partition coefficient (Wildman–Crippen LogP) is 3.45. The van der Waals surface area contributed by atoms with Gasteiger partial charge in [-0.1, -0.05) is 24.3 Å². The van der Waals surface area contributed by atoms with Gasteiger partial charge in [0.2, 0.25) is 0 Å². The van der Waals surface area contributed by atoms with E-state index in [0.29, 0.717) is 16.9 Å². The Kier molecular flexibility index (Phi) is 4.31. The molecule has 0 aliphatic rings. The molecule has 96 valence electrons. The molecule has 0 radical (unpaired) electrons. The molecule has 0 aliphatic carbocycles. The summed E-state index contributed by atoms with van der Waals surface area (Å²) >= 11 is 2.12. The van der Waals surface area contributed by atoms with E-state index >= 15 is 0 Å². The van der Waals surface area contributed by atoms with Crippen LogP contribution in [0.25, 0.3) is 0 Å². The number of esters is 1. The van der Waals surface area contributed by atoms with Gasteiger partial charge in [-0.3, -0.25) is 9.59 Å². The minimum atomic E-state index is -0.404. The first-order valence-electron chi connectivity index (χ1n) is 5.65. The number of ketones is 1. The summed E-state index contributed by atoms with van der Waals surface area (Å²) in [6, 6.07) is 14.0. The lowest BCUT2D eigenvalue weighted by atomic mass is 10.0. The minimum absolute atomic E-state index is 0.0843. The first kappa shape index (κ1) is 13.7. The van der Waals surface area contributed by atoms with Gasteiger partial charge in [-0.25, -0.2) is 0 Å². The van der Waals surface area contributed by atoms with E-state index in [2.05, 4.69) is 22.6 Å². The highest BCUT2D eigenvalue weighted by Crippen LogP contribution is 2.20. The van der Waals surface area contributed by atoms with Gasteiger partial charge in [0, 0.05) is 21.6 Å². The summed E-state index contributed by atoms with van der Waals surface area (Å²) in [6.07, 6.45) is 0. The van der Waals surface area contributed by atoms with Crippen LogP contribution in [0.2, 0.25) is 0 Å². The van der Waals surface area contributed by atoms with Crippen LogP contribution in [0, 0.1) is 3.57 Å². The molecule has 0 bridgehead atoms. The van der Waals surface area contributed by atoms with Crippen LogP contribution in [0.3, 0.4) is 0 Å². The summed E-state index contributed by atoms with van der Waals surface area (Å²) in [5.41, 5.74) is 1.14. The smallest absolute Gasteiger partial charge is 0.308 e. The molecule has 0 aliphatic heterocycles. The second kappa shape index (κ2) is 5.97. The molecule has 0 saturated heterocycles. The fraction of sp³-hybridized carbons (Fsp3) is 0.0667. The van der Waals surface area contributed by atoms with E-state index < -0.39 is 5.97 Å². The molecule has 0 unspecified atom stereocenters. The number of carbonyl (C=O) groups is 2. The van der Waals surface area contributed by atoms with E-state index in [1.165, 1.54) is 6.92 Å². The van der Waals surface area contributed by atoms with Gasteiger partial charge in [-0.2, -0.15) is 0 Å². The van der Waals surface area contributed by atoms with Crippen molar-refractivity contribution in [3.05, 3.63) is 63.2 Å². The SMILES string of the molecule is CC(=O)Oc1cccc(C(=O)c2ccccc2I)c1. The summed E-state index contributed by atoms with van der Waals surface area (Å²) in [7, 11) is 0. The lowest BCUT2D eigenvalue weighted by Gasteiger charge is -2.06. The van der Waals surface area contributed by atoms with E-state index in [0.717, 1.165) is 3.57 Å². The van der Waals surface area contributed by atoms with Gasteiger partial charge < -0.3 is 4.74 Å². The van der Waals surface area contributed by atoms with E-state index in [9.17, 15) is 9.59 Å². The van der Waals surface area contributed by atoms with E-state index in [1.807, 2.05) is 18.2 Å². The van der Waals surface area contributed by atoms with Crippen molar-refractivity contribution in [1.29, 1.82) is 0 Å². The Hall–Kier alpha value is -1.69. The minimum Gasteiger partial charge on any atom is -0.427 e. The molecule has 0 atom stereocenters. The molecule has 2 aromatic carbocycles. The number of ether oxygens (including phenoxy) is 1. The quantitative estimate of drug-likeness (QED) is 0.362. The Bertz CT molecular complexity index is 635. The Labute approximate surface area is 124 Å². The van der Waals surface area contributed by atoms with Gasteiger partial charge in [0.25, 0.3) is 0 Å². The molecule has 0 aromatic heterocycles. The maximum absolute atomic E-state index is 12.4. The lowest BCUT2D eigenvalue weighted by molar-refractivity contribution is -0.131. The average molecular weight is 366 g/mol. The Morgan fingerprint density at radius 2 is 1.79 bits per heavy atom. The zero-order valence-corrected chi connectivity index (χ0v) is 12.4. The van der Waals surface area contributed by atoms with Crippen LogP contribution in [-0.4, -0.2) is 11.8 Å². The zero-order valence-electron chi connectivity index (χ0n) is 10.2. The topological polar surface area (TPSA) is 43.4 Å². The third-order valence-electron chi connectivity index (χ3n) is 2.48. The Balaban J connectivity index is 2.34. The Morgan fingerprint density at radius 3 is 2.47 bits per heavy atom. The summed E-state index contributed by atoms with van der Waals surface area (Å²) in [4.78, 5) is 23.3. The molecule has 4 heteroatoms. The monoisotopic (exact) mass is 366 g/mol. The number of hydrogen-bond acceptors (Lipinski definition) is 3. The third kappa shape index (κ3) is 3.41. The molecule has 3 nitrogen and oxygen atoms in total. The van der Waals surface area contributed by atoms with Crippen LogP contribution in [0.15, 0.2) is 48.5 Å². The molecule has 0 fully saturated rings. The number of rotatable bonds is 3. The molecule has 0 heterocycles. The van der Waals surface area contributed by atoms with Crippen molar-refractivity contribution in [2.75, 3.05) is 0 Å². The Morgan fingerprint density at radius 1 is 1.05 bits per heavy atom. The molecule has 2 rings (SSSR count). The molecule has 0 spiro atoms. The highest BCUT2D eigenvalue weighted by Gasteiger charge is 2.12. The van der Waals surface area contributed by atoms with Gasteiger partial charge in [-0.05, 0) is 46.9 Å². The van der Waals surface area contributed by atoms with Crippen molar-refractivity contribution in [1.82, 2.24) is 0 Å². The fourth-order valence-electron chi connectivity index (χ4n) is 1.67. The van der Waals surface area contributed by atoms with Gasteiger partial charge in [-0.15, -0.1) is 0 Å². The zero-order chi connectivity index (χ0) is 13.8. The van der Waals surface area contributed by atoms with Crippen LogP contribution >= 0.6 is 22.6 Å². The number of carbonyl (C=O) groups excluding carboxylic acids is 2. The maximum atomic E-state index is 12.4. The molecule has 0 amide bonds. The molecule has 19 heavy (non-hydrogen) atoms. The summed E-state index contributed by atoms with van der Waals surface area (Å²) in [5, 5.41) is 0. The third-order valence-corrected chi connectivity index (χ3v) is 3.42. The van der Waals surface area contributed by atoms with Crippen molar-refractivity contribution >= 4 is 34.3 Å².